The Morgan fingerprint density at radius 3 is 2.32 bits per heavy atom. The third-order valence-corrected chi connectivity index (χ3v) is 5.24. The van der Waals surface area contributed by atoms with Crippen LogP contribution in [-0.2, 0) is 21.5 Å². The molecule has 0 spiro atoms. The van der Waals surface area contributed by atoms with Crippen molar-refractivity contribution in [1.29, 1.82) is 0 Å². The quantitative estimate of drug-likeness (QED) is 0.563. The zero-order valence-corrected chi connectivity index (χ0v) is 19.5. The van der Waals surface area contributed by atoms with E-state index in [1.54, 1.807) is 11.8 Å². The van der Waals surface area contributed by atoms with Crippen molar-refractivity contribution >= 4 is 11.8 Å². The summed E-state index contributed by atoms with van der Waals surface area (Å²) < 4.78 is 5.95. The molecule has 1 N–H and O–H groups in total. The summed E-state index contributed by atoms with van der Waals surface area (Å²) in [6.07, 6.45) is 1.92. The number of nitrogens with zero attached hydrogens (tertiary/aromatic N) is 1. The van der Waals surface area contributed by atoms with E-state index >= 15 is 0 Å². The number of benzene rings is 2. The number of hydrogen-bond acceptors (Lipinski definition) is 3. The van der Waals surface area contributed by atoms with Gasteiger partial charge in [0, 0.05) is 13.1 Å². The van der Waals surface area contributed by atoms with E-state index in [0.717, 1.165) is 24.0 Å². The Bertz CT molecular complexity index is 843. The van der Waals surface area contributed by atoms with Gasteiger partial charge >= 0.3 is 0 Å². The molecule has 5 nitrogen and oxygen atoms in total. The van der Waals surface area contributed by atoms with Crippen LogP contribution in [0.5, 0.6) is 5.75 Å². The van der Waals surface area contributed by atoms with Crippen LogP contribution in [0.3, 0.4) is 0 Å². The first-order chi connectivity index (χ1) is 14.7. The second-order valence-corrected chi connectivity index (χ2v) is 8.86. The Morgan fingerprint density at radius 1 is 1.03 bits per heavy atom. The topological polar surface area (TPSA) is 58.6 Å². The van der Waals surface area contributed by atoms with Crippen LogP contribution in [0.4, 0.5) is 0 Å². The minimum Gasteiger partial charge on any atom is -0.483 e. The smallest absolute Gasteiger partial charge is 0.261 e. The Kier molecular flexibility index (Phi) is 9.10. The Hall–Kier alpha value is -2.82. The number of nitrogens with one attached hydrogen (secondary N) is 1. The number of ether oxygens (including phenoxy) is 1. The normalized spacial score (nSPS) is 12.2. The van der Waals surface area contributed by atoms with Crippen LogP contribution < -0.4 is 10.1 Å². The van der Waals surface area contributed by atoms with Gasteiger partial charge in [0.25, 0.3) is 5.91 Å². The number of para-hydroxylation sites is 1. The standard InChI is InChI=1S/C26H36N2O3/c1-6-7-17-27-25(30)20(2)28(18-21-13-9-8-10-14-21)24(29)19-31-23-16-12-11-15-22(23)26(3,4)5/h8-16,20H,6-7,17-19H2,1-5H3,(H,27,30). The van der Waals surface area contributed by atoms with Crippen LogP contribution >= 0.6 is 0 Å². The lowest BCUT2D eigenvalue weighted by atomic mass is 9.86. The van der Waals surface area contributed by atoms with E-state index in [-0.39, 0.29) is 23.8 Å². The van der Waals surface area contributed by atoms with E-state index in [2.05, 4.69) is 33.0 Å². The minimum absolute atomic E-state index is 0.101. The summed E-state index contributed by atoms with van der Waals surface area (Å²) in [6.45, 7) is 11.0. The molecule has 1 unspecified atom stereocenters. The molecule has 0 saturated carbocycles. The molecule has 2 amide bonds. The summed E-state index contributed by atoms with van der Waals surface area (Å²) in [5.41, 5.74) is 1.91. The van der Waals surface area contributed by atoms with Crippen LogP contribution in [0.25, 0.3) is 0 Å². The van der Waals surface area contributed by atoms with Crippen molar-refractivity contribution in [1.82, 2.24) is 10.2 Å². The van der Waals surface area contributed by atoms with Gasteiger partial charge in [0.1, 0.15) is 11.8 Å². The predicted molar refractivity (Wildman–Crippen MR) is 125 cm³/mol. The van der Waals surface area contributed by atoms with Gasteiger partial charge < -0.3 is 15.0 Å². The van der Waals surface area contributed by atoms with Gasteiger partial charge in [-0.05, 0) is 36.0 Å². The monoisotopic (exact) mass is 424 g/mol. The van der Waals surface area contributed by atoms with Gasteiger partial charge in [0.05, 0.1) is 0 Å². The fourth-order valence-electron chi connectivity index (χ4n) is 3.33. The molecule has 0 saturated heterocycles. The summed E-state index contributed by atoms with van der Waals surface area (Å²) in [5.74, 6) is 0.335. The maximum absolute atomic E-state index is 13.2. The van der Waals surface area contributed by atoms with Crippen molar-refractivity contribution in [2.24, 2.45) is 0 Å². The summed E-state index contributed by atoms with van der Waals surface area (Å²) in [6, 6.07) is 16.9. The highest BCUT2D eigenvalue weighted by atomic mass is 16.5. The van der Waals surface area contributed by atoms with Gasteiger partial charge in [-0.25, -0.2) is 0 Å². The number of carbonyl (C=O) groups is 2. The van der Waals surface area contributed by atoms with E-state index < -0.39 is 6.04 Å². The fraction of sp³-hybridized carbons (Fsp3) is 0.462. The first-order valence-corrected chi connectivity index (χ1v) is 11.1. The predicted octanol–water partition coefficient (Wildman–Crippen LogP) is 4.70. The molecule has 0 aliphatic rings. The summed E-state index contributed by atoms with van der Waals surface area (Å²) in [4.78, 5) is 27.4. The second-order valence-electron chi connectivity index (χ2n) is 8.86. The molecule has 2 rings (SSSR count). The zero-order chi connectivity index (χ0) is 22.9. The average molecular weight is 425 g/mol. The SMILES string of the molecule is CCCCNC(=O)C(C)N(Cc1ccccc1)C(=O)COc1ccccc1C(C)(C)C. The van der Waals surface area contributed by atoms with Crippen LogP contribution in [0.15, 0.2) is 54.6 Å². The summed E-state index contributed by atoms with van der Waals surface area (Å²) in [5, 5.41) is 2.93. The lowest BCUT2D eigenvalue weighted by molar-refractivity contribution is -0.142. The molecular formula is C26H36N2O3. The third kappa shape index (κ3) is 7.42. The molecule has 0 heterocycles. The third-order valence-electron chi connectivity index (χ3n) is 5.24. The van der Waals surface area contributed by atoms with Gasteiger partial charge in [0.2, 0.25) is 5.91 Å². The summed E-state index contributed by atoms with van der Waals surface area (Å²) >= 11 is 0. The van der Waals surface area contributed by atoms with Crippen molar-refractivity contribution in [3.8, 4) is 5.75 Å². The average Bonchev–Trinajstić information content (AvgIpc) is 2.75. The van der Waals surface area contributed by atoms with E-state index in [4.69, 9.17) is 4.74 Å². The van der Waals surface area contributed by atoms with Crippen molar-refractivity contribution in [3.05, 3.63) is 65.7 Å². The molecule has 1 atom stereocenters. The van der Waals surface area contributed by atoms with E-state index in [0.29, 0.717) is 18.8 Å². The molecule has 31 heavy (non-hydrogen) atoms. The molecule has 2 aromatic rings. The lowest BCUT2D eigenvalue weighted by Gasteiger charge is -2.29. The molecule has 0 radical (unpaired) electrons. The largest absolute Gasteiger partial charge is 0.483 e. The van der Waals surface area contributed by atoms with Crippen molar-refractivity contribution in [2.75, 3.05) is 13.2 Å². The molecule has 0 aliphatic heterocycles. The van der Waals surface area contributed by atoms with Gasteiger partial charge in [-0.3, -0.25) is 9.59 Å². The molecule has 2 aromatic carbocycles. The maximum atomic E-state index is 13.2. The zero-order valence-electron chi connectivity index (χ0n) is 19.5. The minimum atomic E-state index is -0.592. The molecule has 0 bridgehead atoms. The molecule has 5 heteroatoms. The highest BCUT2D eigenvalue weighted by Gasteiger charge is 2.27. The number of unbranched alkanes of at least 4 members (excludes halogenated alkanes) is 1. The number of hydrogen-bond donors (Lipinski definition) is 1. The second kappa shape index (κ2) is 11.5. The Balaban J connectivity index is 2.15. The molecule has 168 valence electrons. The first kappa shape index (κ1) is 24.4. The van der Waals surface area contributed by atoms with Crippen LogP contribution in [0.1, 0.15) is 58.6 Å². The van der Waals surface area contributed by atoms with Gasteiger partial charge in [-0.15, -0.1) is 0 Å². The molecular weight excluding hydrogens is 388 g/mol. The van der Waals surface area contributed by atoms with Crippen molar-refractivity contribution < 1.29 is 14.3 Å². The number of carbonyl (C=O) groups excluding carboxylic acids is 2. The van der Waals surface area contributed by atoms with Crippen LogP contribution in [0.2, 0.25) is 0 Å². The van der Waals surface area contributed by atoms with E-state index in [9.17, 15) is 9.59 Å². The molecule has 0 aliphatic carbocycles. The molecule has 0 fully saturated rings. The fourth-order valence-corrected chi connectivity index (χ4v) is 3.33. The van der Waals surface area contributed by atoms with E-state index in [1.807, 2.05) is 54.6 Å². The lowest BCUT2D eigenvalue weighted by Crippen LogP contribution is -2.49. The van der Waals surface area contributed by atoms with E-state index in [1.165, 1.54) is 0 Å². The van der Waals surface area contributed by atoms with Crippen molar-refractivity contribution in [2.45, 2.75) is 65.5 Å². The first-order valence-electron chi connectivity index (χ1n) is 11.1. The van der Waals surface area contributed by atoms with Crippen LogP contribution in [-0.4, -0.2) is 35.9 Å². The maximum Gasteiger partial charge on any atom is 0.261 e. The van der Waals surface area contributed by atoms with Crippen LogP contribution in [0, 0.1) is 0 Å². The molecule has 0 aromatic heterocycles. The highest BCUT2D eigenvalue weighted by molar-refractivity contribution is 5.88. The summed E-state index contributed by atoms with van der Waals surface area (Å²) in [7, 11) is 0. The Labute approximate surface area is 186 Å². The van der Waals surface area contributed by atoms with Crippen molar-refractivity contribution in [3.63, 3.8) is 0 Å². The van der Waals surface area contributed by atoms with Gasteiger partial charge in [0.15, 0.2) is 6.61 Å². The highest BCUT2D eigenvalue weighted by Crippen LogP contribution is 2.31. The number of rotatable bonds is 10. The number of amides is 2. The van der Waals surface area contributed by atoms with Gasteiger partial charge in [-0.1, -0.05) is 82.6 Å². The van der Waals surface area contributed by atoms with Gasteiger partial charge in [-0.2, -0.15) is 0 Å². The Morgan fingerprint density at radius 2 is 1.68 bits per heavy atom.